The monoisotopic (exact) mass is 215 g/mol. The first kappa shape index (κ1) is 8.20. The molecule has 0 radical (unpaired) electrons. The van der Waals surface area contributed by atoms with Gasteiger partial charge in [-0.2, -0.15) is 0 Å². The molecule has 3 nitrogen and oxygen atoms in total. The Morgan fingerprint density at radius 3 is 2.82 bits per heavy atom. The van der Waals surface area contributed by atoms with Crippen LogP contribution in [0, 0.1) is 0 Å². The number of H-pyrrole nitrogens is 1. The molecular weight excluding hydrogens is 210 g/mol. The molecule has 0 spiro atoms. The first-order chi connectivity index (χ1) is 5.24. The molecule has 4 heteroatoms. The van der Waals surface area contributed by atoms with Crippen LogP contribution in [0.2, 0.25) is 0 Å². The van der Waals surface area contributed by atoms with Crippen molar-refractivity contribution in [2.75, 3.05) is 5.33 Å². The molecule has 0 saturated carbocycles. The summed E-state index contributed by atoms with van der Waals surface area (Å²) >= 11 is 3.00. The van der Waals surface area contributed by atoms with E-state index < -0.39 is 0 Å². The third-order valence-corrected chi connectivity index (χ3v) is 1.70. The van der Waals surface area contributed by atoms with Gasteiger partial charge in [0.1, 0.15) is 0 Å². The van der Waals surface area contributed by atoms with Crippen LogP contribution in [-0.2, 0) is 0 Å². The summed E-state index contributed by atoms with van der Waals surface area (Å²) in [6.07, 6.45) is 0. The highest BCUT2D eigenvalue weighted by molar-refractivity contribution is 9.09. The molecule has 1 rings (SSSR count). The second-order valence-electron chi connectivity index (χ2n) is 1.99. The normalized spacial score (nSPS) is 9.55. The van der Waals surface area contributed by atoms with E-state index in [1.54, 1.807) is 12.1 Å². The molecule has 0 aliphatic rings. The topological polar surface area (TPSA) is 49.9 Å². The van der Waals surface area contributed by atoms with E-state index >= 15 is 0 Å². The van der Waals surface area contributed by atoms with Gasteiger partial charge in [0.15, 0.2) is 5.78 Å². The van der Waals surface area contributed by atoms with Crippen LogP contribution in [0.4, 0.5) is 0 Å². The summed E-state index contributed by atoms with van der Waals surface area (Å²) in [7, 11) is 0. The van der Waals surface area contributed by atoms with Gasteiger partial charge in [-0.1, -0.05) is 22.0 Å². The van der Waals surface area contributed by atoms with Gasteiger partial charge in [0.2, 0.25) is 5.56 Å². The van der Waals surface area contributed by atoms with Crippen molar-refractivity contribution in [2.45, 2.75) is 0 Å². The molecule has 0 aromatic carbocycles. The maximum Gasteiger partial charge on any atom is 0.248 e. The van der Waals surface area contributed by atoms with Crippen molar-refractivity contribution < 1.29 is 4.79 Å². The quantitative estimate of drug-likeness (QED) is 0.591. The van der Waals surface area contributed by atoms with Crippen LogP contribution in [0.15, 0.2) is 23.0 Å². The molecule has 0 atom stereocenters. The van der Waals surface area contributed by atoms with Gasteiger partial charge in [0, 0.05) is 6.07 Å². The van der Waals surface area contributed by atoms with Gasteiger partial charge in [0.05, 0.1) is 11.0 Å². The lowest BCUT2D eigenvalue weighted by Gasteiger charge is -1.93. The van der Waals surface area contributed by atoms with Crippen LogP contribution in [0.5, 0.6) is 0 Å². The number of hydrogen-bond donors (Lipinski definition) is 1. The third kappa shape index (κ3) is 2.01. The fraction of sp³-hybridized carbons (Fsp3) is 0.143. The lowest BCUT2D eigenvalue weighted by Crippen LogP contribution is -2.11. The van der Waals surface area contributed by atoms with E-state index in [2.05, 4.69) is 20.9 Å². The highest BCUT2D eigenvalue weighted by Gasteiger charge is 2.02. The maximum absolute atomic E-state index is 10.9. The van der Waals surface area contributed by atoms with Crippen molar-refractivity contribution in [3.05, 3.63) is 34.2 Å². The summed E-state index contributed by atoms with van der Waals surface area (Å²) in [5, 5.41) is 0.229. The minimum Gasteiger partial charge on any atom is -0.319 e. The fourth-order valence-corrected chi connectivity index (χ4v) is 0.984. The number of rotatable bonds is 2. The maximum atomic E-state index is 10.9. The van der Waals surface area contributed by atoms with Gasteiger partial charge in [-0.25, -0.2) is 0 Å². The number of nitrogens with one attached hydrogen (secondary N) is 1. The van der Waals surface area contributed by atoms with Crippen molar-refractivity contribution >= 4 is 21.7 Å². The summed E-state index contributed by atoms with van der Waals surface area (Å²) in [5.41, 5.74) is 0.0891. The van der Waals surface area contributed by atoms with E-state index in [-0.39, 0.29) is 16.7 Å². The van der Waals surface area contributed by atoms with Crippen molar-refractivity contribution in [1.29, 1.82) is 0 Å². The third-order valence-electron chi connectivity index (χ3n) is 1.19. The molecule has 0 unspecified atom stereocenters. The van der Waals surface area contributed by atoms with Crippen LogP contribution in [0.1, 0.15) is 10.5 Å². The number of carbonyl (C=O) groups is 1. The molecule has 0 saturated heterocycles. The highest BCUT2D eigenvalue weighted by atomic mass is 79.9. The molecule has 11 heavy (non-hydrogen) atoms. The van der Waals surface area contributed by atoms with E-state index in [0.29, 0.717) is 5.69 Å². The van der Waals surface area contributed by atoms with Crippen LogP contribution in [0.25, 0.3) is 0 Å². The molecule has 1 aromatic heterocycles. The van der Waals surface area contributed by atoms with Crippen molar-refractivity contribution in [3.63, 3.8) is 0 Å². The largest absolute Gasteiger partial charge is 0.319 e. The molecule has 0 bridgehead atoms. The highest BCUT2D eigenvalue weighted by Crippen LogP contribution is 1.94. The Morgan fingerprint density at radius 2 is 2.27 bits per heavy atom. The van der Waals surface area contributed by atoms with Crippen molar-refractivity contribution in [2.24, 2.45) is 0 Å². The summed E-state index contributed by atoms with van der Waals surface area (Å²) in [6.45, 7) is 0. The number of pyridine rings is 1. The zero-order valence-electron chi connectivity index (χ0n) is 5.63. The minimum absolute atomic E-state index is 0.122. The van der Waals surface area contributed by atoms with Crippen LogP contribution >= 0.6 is 15.9 Å². The molecule has 0 fully saturated rings. The Balaban J connectivity index is 3.05. The predicted molar refractivity (Wildman–Crippen MR) is 45.2 cm³/mol. The number of Topliss-reactive ketones (excluding diaryl/α,β-unsaturated/α-hetero) is 1. The Labute approximate surface area is 71.6 Å². The van der Waals surface area contributed by atoms with Gasteiger partial charge < -0.3 is 4.98 Å². The van der Waals surface area contributed by atoms with Gasteiger partial charge in [-0.3, -0.25) is 9.59 Å². The predicted octanol–water partition coefficient (Wildman–Crippen LogP) is 0.952. The van der Waals surface area contributed by atoms with Crippen LogP contribution in [0.3, 0.4) is 0 Å². The van der Waals surface area contributed by atoms with E-state index in [1.807, 2.05) is 0 Å². The van der Waals surface area contributed by atoms with Crippen molar-refractivity contribution in [3.8, 4) is 0 Å². The molecular formula is C7H6BrNO2. The van der Waals surface area contributed by atoms with E-state index in [9.17, 15) is 9.59 Å². The lowest BCUT2D eigenvalue weighted by molar-refractivity contribution is 0.101. The number of ketones is 1. The van der Waals surface area contributed by atoms with E-state index in [4.69, 9.17) is 0 Å². The summed E-state index contributed by atoms with van der Waals surface area (Å²) < 4.78 is 0. The number of hydrogen-bond acceptors (Lipinski definition) is 2. The second-order valence-corrected chi connectivity index (χ2v) is 2.55. The number of halogens is 1. The zero-order chi connectivity index (χ0) is 8.27. The first-order valence-electron chi connectivity index (χ1n) is 3.02. The fourth-order valence-electron chi connectivity index (χ4n) is 0.682. The summed E-state index contributed by atoms with van der Waals surface area (Å²) in [6, 6.07) is 4.49. The Kier molecular flexibility index (Phi) is 2.59. The average Bonchev–Trinajstić information content (AvgIpc) is 2.03. The zero-order valence-corrected chi connectivity index (χ0v) is 7.22. The molecule has 1 heterocycles. The Bertz CT molecular complexity index is 318. The Hall–Kier alpha value is -0.900. The number of aromatic amines is 1. The molecule has 0 amide bonds. The number of carbonyl (C=O) groups excluding carboxylic acids is 1. The van der Waals surface area contributed by atoms with Gasteiger partial charge in [-0.05, 0) is 6.07 Å². The molecule has 1 N–H and O–H groups in total. The lowest BCUT2D eigenvalue weighted by atomic mass is 10.3. The summed E-state index contributed by atoms with van der Waals surface area (Å²) in [4.78, 5) is 24.1. The van der Waals surface area contributed by atoms with Crippen LogP contribution in [-0.4, -0.2) is 16.1 Å². The smallest absolute Gasteiger partial charge is 0.248 e. The van der Waals surface area contributed by atoms with Crippen LogP contribution < -0.4 is 5.56 Å². The summed E-state index contributed by atoms with van der Waals surface area (Å²) in [5.74, 6) is -0.122. The number of aromatic nitrogens is 1. The van der Waals surface area contributed by atoms with Crippen molar-refractivity contribution in [1.82, 2.24) is 4.98 Å². The minimum atomic E-state index is -0.253. The van der Waals surface area contributed by atoms with Gasteiger partial charge in [-0.15, -0.1) is 0 Å². The Morgan fingerprint density at radius 1 is 1.55 bits per heavy atom. The molecule has 0 aliphatic heterocycles. The molecule has 0 aliphatic carbocycles. The molecule has 1 aromatic rings. The first-order valence-corrected chi connectivity index (χ1v) is 4.14. The second kappa shape index (κ2) is 3.48. The van der Waals surface area contributed by atoms with E-state index in [0.717, 1.165) is 0 Å². The standard InChI is InChI=1S/C7H6BrNO2/c8-4-6(10)5-2-1-3-7(11)9-5/h1-3H,4H2,(H,9,11). The number of alkyl halides is 1. The average molecular weight is 216 g/mol. The van der Waals surface area contributed by atoms with Gasteiger partial charge >= 0.3 is 0 Å². The molecule has 58 valence electrons. The van der Waals surface area contributed by atoms with E-state index in [1.165, 1.54) is 6.07 Å². The van der Waals surface area contributed by atoms with Gasteiger partial charge in [0.25, 0.3) is 0 Å². The SMILES string of the molecule is O=C(CBr)c1cccc(=O)[nH]1.